The normalized spacial score (nSPS) is 22.1. The van der Waals surface area contributed by atoms with Crippen LogP contribution in [-0.4, -0.2) is 4.57 Å². The number of nitrogens with zero attached hydrogens (tertiary/aromatic N) is 2. The Bertz CT molecular complexity index is 3060. The molecule has 4 saturated carbocycles. The topological polar surface area (TPSA) is 8.17 Å². The highest BCUT2D eigenvalue weighted by molar-refractivity contribution is 6.10. The molecule has 9 aromatic rings. The van der Waals surface area contributed by atoms with E-state index in [1.807, 2.05) is 0 Å². The van der Waals surface area contributed by atoms with Gasteiger partial charge in [-0.1, -0.05) is 133 Å². The maximum absolute atomic E-state index is 2.54. The van der Waals surface area contributed by atoms with Crippen molar-refractivity contribution in [3.8, 4) is 39.1 Å². The summed E-state index contributed by atoms with van der Waals surface area (Å²) in [5.74, 6) is 3.46. The van der Waals surface area contributed by atoms with Gasteiger partial charge in [-0.05, 0) is 161 Å². The van der Waals surface area contributed by atoms with Crippen LogP contribution < -0.4 is 4.90 Å². The molecule has 0 amide bonds. The van der Waals surface area contributed by atoms with Gasteiger partial charge < -0.3 is 9.47 Å². The molecule has 1 aromatic heterocycles. The van der Waals surface area contributed by atoms with Gasteiger partial charge in [0, 0.05) is 38.9 Å². The average Bonchev–Trinajstić information content (AvgIpc) is 3.79. The SMILES string of the molecule is c1ccc(-c2ccc(N(c3ccc(-c4ccc5c(c4)-c4ccccc4C54C5CC6CC(C5)CC4C6)cc3)c3ccc4c5ccccc5n(-c5ccccc5)c4c3)cc2)cc1. The van der Waals surface area contributed by atoms with Gasteiger partial charge in [0.2, 0.25) is 0 Å². The summed E-state index contributed by atoms with van der Waals surface area (Å²) in [6.45, 7) is 0. The lowest BCUT2D eigenvalue weighted by Crippen LogP contribution is -2.55. The monoisotopic (exact) mass is 770 g/mol. The van der Waals surface area contributed by atoms with Crippen molar-refractivity contribution < 1.29 is 0 Å². The Kier molecular flexibility index (Phi) is 7.52. The molecule has 1 heterocycles. The number of hydrogen-bond donors (Lipinski definition) is 0. The van der Waals surface area contributed by atoms with Crippen LogP contribution in [0.15, 0.2) is 194 Å². The predicted molar refractivity (Wildman–Crippen MR) is 250 cm³/mol. The quantitative estimate of drug-likeness (QED) is 0.163. The molecule has 14 rings (SSSR count). The Morgan fingerprint density at radius 2 is 0.917 bits per heavy atom. The minimum Gasteiger partial charge on any atom is -0.310 e. The first-order chi connectivity index (χ1) is 29.7. The number of para-hydroxylation sites is 2. The second kappa shape index (κ2) is 13.2. The van der Waals surface area contributed by atoms with Gasteiger partial charge in [-0.3, -0.25) is 0 Å². The van der Waals surface area contributed by atoms with Gasteiger partial charge in [-0.2, -0.15) is 0 Å². The molecule has 0 saturated heterocycles. The lowest BCUT2D eigenvalue weighted by Gasteiger charge is -2.61. The maximum Gasteiger partial charge on any atom is 0.0561 e. The highest BCUT2D eigenvalue weighted by Crippen LogP contribution is 2.69. The van der Waals surface area contributed by atoms with Crippen molar-refractivity contribution in [2.45, 2.75) is 37.5 Å². The molecule has 2 nitrogen and oxygen atoms in total. The van der Waals surface area contributed by atoms with Crippen LogP contribution >= 0.6 is 0 Å². The summed E-state index contributed by atoms with van der Waals surface area (Å²) in [4.78, 5) is 2.42. The molecule has 60 heavy (non-hydrogen) atoms. The Balaban J connectivity index is 0.924. The van der Waals surface area contributed by atoms with Crippen molar-refractivity contribution in [1.82, 2.24) is 4.57 Å². The first-order valence-electron chi connectivity index (χ1n) is 22.1. The summed E-state index contributed by atoms with van der Waals surface area (Å²) >= 11 is 0. The first kappa shape index (κ1) is 34.2. The third kappa shape index (κ3) is 5.00. The van der Waals surface area contributed by atoms with E-state index >= 15 is 0 Å². The molecule has 0 unspecified atom stereocenters. The molecule has 0 atom stereocenters. The lowest BCUT2D eigenvalue weighted by atomic mass is 9.43. The summed E-state index contributed by atoms with van der Waals surface area (Å²) < 4.78 is 2.41. The van der Waals surface area contributed by atoms with Gasteiger partial charge >= 0.3 is 0 Å². The predicted octanol–water partition coefficient (Wildman–Crippen LogP) is 15.3. The molecule has 0 aliphatic heterocycles. The zero-order valence-corrected chi connectivity index (χ0v) is 33.7. The smallest absolute Gasteiger partial charge is 0.0561 e. The van der Waals surface area contributed by atoms with Crippen molar-refractivity contribution in [2.75, 3.05) is 4.90 Å². The van der Waals surface area contributed by atoms with E-state index in [1.54, 1.807) is 11.1 Å². The van der Waals surface area contributed by atoms with Crippen molar-refractivity contribution >= 4 is 38.9 Å². The van der Waals surface area contributed by atoms with E-state index in [4.69, 9.17) is 0 Å². The highest BCUT2D eigenvalue weighted by atomic mass is 15.1. The molecular weight excluding hydrogens is 725 g/mol. The minimum atomic E-state index is 0.200. The molecule has 1 spiro atoms. The Hall–Kier alpha value is -6.64. The van der Waals surface area contributed by atoms with E-state index in [9.17, 15) is 0 Å². The fraction of sp³-hybridized carbons (Fsp3) is 0.172. The first-order valence-corrected chi connectivity index (χ1v) is 22.1. The van der Waals surface area contributed by atoms with Crippen molar-refractivity contribution in [3.05, 3.63) is 205 Å². The summed E-state index contributed by atoms with van der Waals surface area (Å²) in [6, 6.07) is 72.5. The number of fused-ring (bicyclic) bond motifs is 6. The number of rotatable bonds is 6. The molecule has 4 fully saturated rings. The number of hydrogen-bond acceptors (Lipinski definition) is 1. The fourth-order valence-corrected chi connectivity index (χ4v) is 13.0. The van der Waals surface area contributed by atoms with Crippen LogP contribution in [0.3, 0.4) is 0 Å². The van der Waals surface area contributed by atoms with E-state index in [-0.39, 0.29) is 5.41 Å². The van der Waals surface area contributed by atoms with Gasteiger partial charge in [0.05, 0.1) is 11.0 Å². The minimum absolute atomic E-state index is 0.200. The molecule has 0 radical (unpaired) electrons. The standard InChI is InChI=1S/C58H46N2/c1-3-11-40(12-4-1)41-19-24-47(25-20-41)59(49-28-29-52-51-16-8-10-18-56(51)60(57(52)37-49)46-13-5-2-6-14-46)48-26-21-42(22-27-48)43-23-30-55-53(36-43)50-15-7-9-17-54(50)58(55)44-32-38-31-39(34-44)35-45(58)33-38/h1-30,36-39,44-45H,31-35H2. The Morgan fingerprint density at radius 3 is 1.63 bits per heavy atom. The molecule has 5 aliphatic carbocycles. The van der Waals surface area contributed by atoms with E-state index < -0.39 is 0 Å². The molecule has 8 aromatic carbocycles. The van der Waals surface area contributed by atoms with Crippen LogP contribution in [0.1, 0.15) is 43.2 Å². The van der Waals surface area contributed by atoms with Crippen LogP contribution in [0.4, 0.5) is 17.1 Å². The third-order valence-electron chi connectivity index (χ3n) is 15.2. The second-order valence-electron chi connectivity index (χ2n) is 18.2. The Morgan fingerprint density at radius 1 is 0.383 bits per heavy atom. The van der Waals surface area contributed by atoms with E-state index in [0.717, 1.165) is 46.4 Å². The number of aromatic nitrogens is 1. The van der Waals surface area contributed by atoms with Crippen molar-refractivity contribution in [1.29, 1.82) is 0 Å². The number of benzene rings is 8. The molecule has 0 N–H and O–H groups in total. The van der Waals surface area contributed by atoms with Gasteiger partial charge in [-0.25, -0.2) is 0 Å². The third-order valence-corrected chi connectivity index (χ3v) is 15.2. The van der Waals surface area contributed by atoms with Crippen LogP contribution in [0.5, 0.6) is 0 Å². The zero-order valence-electron chi connectivity index (χ0n) is 33.7. The largest absolute Gasteiger partial charge is 0.310 e. The lowest BCUT2D eigenvalue weighted by molar-refractivity contribution is -0.0399. The summed E-state index contributed by atoms with van der Waals surface area (Å²) in [7, 11) is 0. The summed E-state index contributed by atoms with van der Waals surface area (Å²) in [5.41, 5.74) is 18.3. The second-order valence-corrected chi connectivity index (χ2v) is 18.2. The van der Waals surface area contributed by atoms with Gasteiger partial charge in [-0.15, -0.1) is 0 Å². The van der Waals surface area contributed by atoms with E-state index in [1.165, 1.54) is 87.3 Å². The van der Waals surface area contributed by atoms with Crippen molar-refractivity contribution in [3.63, 3.8) is 0 Å². The van der Waals surface area contributed by atoms with Crippen LogP contribution in [0.2, 0.25) is 0 Å². The molecule has 4 bridgehead atoms. The fourth-order valence-electron chi connectivity index (χ4n) is 13.0. The molecule has 288 valence electrons. The molecular formula is C58H46N2. The van der Waals surface area contributed by atoms with Crippen LogP contribution in [0, 0.1) is 23.7 Å². The molecule has 5 aliphatic rings. The Labute approximate surface area is 352 Å². The number of anilines is 3. The highest BCUT2D eigenvalue weighted by Gasteiger charge is 2.61. The zero-order chi connectivity index (χ0) is 39.4. The maximum atomic E-state index is 2.54. The van der Waals surface area contributed by atoms with Gasteiger partial charge in [0.1, 0.15) is 0 Å². The summed E-state index contributed by atoms with van der Waals surface area (Å²) in [5, 5.41) is 2.51. The van der Waals surface area contributed by atoms with E-state index in [0.29, 0.717) is 0 Å². The van der Waals surface area contributed by atoms with Crippen LogP contribution in [-0.2, 0) is 5.41 Å². The van der Waals surface area contributed by atoms with Crippen molar-refractivity contribution in [2.24, 2.45) is 23.7 Å². The van der Waals surface area contributed by atoms with Crippen LogP contribution in [0.25, 0.3) is 60.9 Å². The summed E-state index contributed by atoms with van der Waals surface area (Å²) in [6.07, 6.45) is 7.14. The average molecular weight is 771 g/mol. The van der Waals surface area contributed by atoms with Gasteiger partial charge in [0.15, 0.2) is 0 Å². The molecule has 2 heteroatoms. The van der Waals surface area contributed by atoms with E-state index in [2.05, 4.69) is 204 Å². The van der Waals surface area contributed by atoms with Gasteiger partial charge in [0.25, 0.3) is 0 Å².